The van der Waals surface area contributed by atoms with Gasteiger partial charge in [-0.1, -0.05) is 5.92 Å². The van der Waals surface area contributed by atoms with Gasteiger partial charge in [0.1, 0.15) is 17.6 Å². The van der Waals surface area contributed by atoms with Crippen LogP contribution >= 0.6 is 0 Å². The van der Waals surface area contributed by atoms with Crippen molar-refractivity contribution in [2.45, 2.75) is 38.8 Å². The number of hydrogen-bond acceptors (Lipinski definition) is 3. The monoisotopic (exact) mass is 261 g/mol. The molecule has 1 unspecified atom stereocenters. The Kier molecular flexibility index (Phi) is 4.64. The molecule has 1 aliphatic rings. The molecule has 4 nitrogen and oxygen atoms in total. The van der Waals surface area contributed by atoms with Gasteiger partial charge in [0.05, 0.1) is 6.54 Å². The third-order valence-corrected chi connectivity index (χ3v) is 3.06. The van der Waals surface area contributed by atoms with E-state index >= 15 is 0 Å². The standard InChI is InChI=1S/C15H19NO3/c1-12-6-7-14(19-12)11-16(2)15(17)9-8-13-5-3-4-10-18-13/h6-7,13H,3-5,10-11H2,1-2H3. The number of ether oxygens (including phenoxy) is 1. The third kappa shape index (κ3) is 4.15. The van der Waals surface area contributed by atoms with Crippen LogP contribution in [0, 0.1) is 18.8 Å². The first kappa shape index (κ1) is 13.7. The molecule has 0 spiro atoms. The normalized spacial score (nSPS) is 18.5. The van der Waals surface area contributed by atoms with Crippen LogP contribution in [-0.4, -0.2) is 30.6 Å². The van der Waals surface area contributed by atoms with Crippen molar-refractivity contribution < 1.29 is 13.9 Å². The molecule has 1 amide bonds. The van der Waals surface area contributed by atoms with Crippen LogP contribution in [0.2, 0.25) is 0 Å². The van der Waals surface area contributed by atoms with Crippen LogP contribution in [0.4, 0.5) is 0 Å². The van der Waals surface area contributed by atoms with E-state index in [0.717, 1.165) is 37.4 Å². The molecule has 0 aromatic carbocycles. The summed E-state index contributed by atoms with van der Waals surface area (Å²) in [5.74, 6) is 6.96. The second-order valence-corrected chi connectivity index (χ2v) is 4.80. The van der Waals surface area contributed by atoms with Crippen molar-refractivity contribution in [1.82, 2.24) is 4.90 Å². The summed E-state index contributed by atoms with van der Waals surface area (Å²) in [5.41, 5.74) is 0. The van der Waals surface area contributed by atoms with Gasteiger partial charge in [0.25, 0.3) is 5.91 Å². The molecule has 1 saturated heterocycles. The van der Waals surface area contributed by atoms with E-state index < -0.39 is 0 Å². The van der Waals surface area contributed by atoms with Crippen molar-refractivity contribution in [3.63, 3.8) is 0 Å². The second kappa shape index (κ2) is 6.44. The van der Waals surface area contributed by atoms with Crippen LogP contribution in [0.25, 0.3) is 0 Å². The Labute approximate surface area is 113 Å². The minimum absolute atomic E-state index is 0.0862. The lowest BCUT2D eigenvalue weighted by atomic mass is 10.1. The highest BCUT2D eigenvalue weighted by Crippen LogP contribution is 2.11. The van der Waals surface area contributed by atoms with Crippen molar-refractivity contribution in [3.8, 4) is 11.8 Å². The van der Waals surface area contributed by atoms with Crippen LogP contribution in [0.15, 0.2) is 16.5 Å². The summed E-state index contributed by atoms with van der Waals surface area (Å²) in [6.45, 7) is 3.06. The van der Waals surface area contributed by atoms with E-state index in [-0.39, 0.29) is 12.0 Å². The fraction of sp³-hybridized carbons (Fsp3) is 0.533. The molecule has 4 heteroatoms. The minimum atomic E-state index is -0.205. The van der Waals surface area contributed by atoms with E-state index in [1.807, 2.05) is 19.1 Å². The van der Waals surface area contributed by atoms with Crippen molar-refractivity contribution >= 4 is 5.91 Å². The summed E-state index contributed by atoms with van der Waals surface area (Å²) in [5, 5.41) is 0. The molecule has 2 heterocycles. The second-order valence-electron chi connectivity index (χ2n) is 4.80. The predicted molar refractivity (Wildman–Crippen MR) is 71.3 cm³/mol. The van der Waals surface area contributed by atoms with Gasteiger partial charge in [-0.2, -0.15) is 0 Å². The largest absolute Gasteiger partial charge is 0.464 e. The maximum atomic E-state index is 11.9. The maximum absolute atomic E-state index is 11.9. The molecular formula is C15H19NO3. The molecule has 2 rings (SSSR count). The zero-order valence-electron chi connectivity index (χ0n) is 11.4. The first-order valence-electron chi connectivity index (χ1n) is 6.58. The Morgan fingerprint density at radius 1 is 1.47 bits per heavy atom. The highest BCUT2D eigenvalue weighted by molar-refractivity contribution is 5.93. The zero-order chi connectivity index (χ0) is 13.7. The average molecular weight is 261 g/mol. The Morgan fingerprint density at radius 2 is 2.32 bits per heavy atom. The predicted octanol–water partition coefficient (Wildman–Crippen LogP) is 2.12. The van der Waals surface area contributed by atoms with E-state index in [4.69, 9.17) is 9.15 Å². The van der Waals surface area contributed by atoms with E-state index in [1.54, 1.807) is 11.9 Å². The molecule has 0 bridgehead atoms. The van der Waals surface area contributed by atoms with Gasteiger partial charge in [-0.05, 0) is 44.2 Å². The van der Waals surface area contributed by atoms with Crippen molar-refractivity contribution in [3.05, 3.63) is 23.7 Å². The molecule has 0 N–H and O–H groups in total. The maximum Gasteiger partial charge on any atom is 0.298 e. The summed E-state index contributed by atoms with van der Waals surface area (Å²) < 4.78 is 10.9. The smallest absolute Gasteiger partial charge is 0.298 e. The Hall–Kier alpha value is -1.73. The van der Waals surface area contributed by atoms with Gasteiger partial charge in [0, 0.05) is 13.7 Å². The van der Waals surface area contributed by atoms with E-state index in [9.17, 15) is 4.79 Å². The van der Waals surface area contributed by atoms with Gasteiger partial charge >= 0.3 is 0 Å². The molecule has 0 saturated carbocycles. The van der Waals surface area contributed by atoms with Crippen LogP contribution in [0.1, 0.15) is 30.8 Å². The highest BCUT2D eigenvalue weighted by Gasteiger charge is 2.12. The summed E-state index contributed by atoms with van der Waals surface area (Å²) in [6.07, 6.45) is 3.04. The van der Waals surface area contributed by atoms with E-state index in [1.165, 1.54) is 0 Å². The SMILES string of the molecule is Cc1ccc(CN(C)C(=O)C#CC2CCCCO2)o1. The quantitative estimate of drug-likeness (QED) is 0.766. The number of aryl methyl sites for hydroxylation is 1. The van der Waals surface area contributed by atoms with Gasteiger partial charge in [0.2, 0.25) is 0 Å². The number of carbonyl (C=O) groups is 1. The molecule has 1 aromatic rings. The molecule has 1 fully saturated rings. The molecule has 0 aliphatic carbocycles. The number of carbonyl (C=O) groups excluding carboxylic acids is 1. The van der Waals surface area contributed by atoms with Crippen LogP contribution in [-0.2, 0) is 16.1 Å². The van der Waals surface area contributed by atoms with Gasteiger partial charge < -0.3 is 14.1 Å². The topological polar surface area (TPSA) is 42.7 Å². The minimum Gasteiger partial charge on any atom is -0.464 e. The molecule has 1 atom stereocenters. The fourth-order valence-corrected chi connectivity index (χ4v) is 1.97. The molecule has 102 valence electrons. The summed E-state index contributed by atoms with van der Waals surface area (Å²) >= 11 is 0. The number of amides is 1. The fourth-order valence-electron chi connectivity index (χ4n) is 1.97. The Bertz CT molecular complexity index is 489. The first-order chi connectivity index (χ1) is 9.15. The number of rotatable bonds is 2. The van der Waals surface area contributed by atoms with Crippen LogP contribution in [0.3, 0.4) is 0 Å². The summed E-state index contributed by atoms with van der Waals surface area (Å²) in [4.78, 5) is 13.4. The number of nitrogens with zero attached hydrogens (tertiary/aromatic N) is 1. The Morgan fingerprint density at radius 3 is 2.95 bits per heavy atom. The lowest BCUT2D eigenvalue weighted by Gasteiger charge is -2.17. The van der Waals surface area contributed by atoms with Gasteiger partial charge in [-0.25, -0.2) is 0 Å². The van der Waals surface area contributed by atoms with Gasteiger partial charge in [0.15, 0.2) is 0 Å². The summed E-state index contributed by atoms with van der Waals surface area (Å²) in [6, 6.07) is 3.76. The number of hydrogen-bond donors (Lipinski definition) is 0. The van der Waals surface area contributed by atoms with Crippen molar-refractivity contribution in [2.24, 2.45) is 0 Å². The number of furan rings is 1. The zero-order valence-corrected chi connectivity index (χ0v) is 11.4. The van der Waals surface area contributed by atoms with E-state index in [0.29, 0.717) is 6.54 Å². The molecular weight excluding hydrogens is 242 g/mol. The lowest BCUT2D eigenvalue weighted by molar-refractivity contribution is -0.124. The average Bonchev–Trinajstić information content (AvgIpc) is 2.82. The Balaban J connectivity index is 1.86. The van der Waals surface area contributed by atoms with Crippen LogP contribution in [0.5, 0.6) is 0 Å². The highest BCUT2D eigenvalue weighted by atomic mass is 16.5. The molecule has 1 aromatic heterocycles. The molecule has 0 radical (unpaired) electrons. The first-order valence-corrected chi connectivity index (χ1v) is 6.58. The van der Waals surface area contributed by atoms with Crippen molar-refractivity contribution in [1.29, 1.82) is 0 Å². The van der Waals surface area contributed by atoms with Gasteiger partial charge in [-0.15, -0.1) is 0 Å². The van der Waals surface area contributed by atoms with E-state index in [2.05, 4.69) is 11.8 Å². The van der Waals surface area contributed by atoms with Crippen LogP contribution < -0.4 is 0 Å². The molecule has 19 heavy (non-hydrogen) atoms. The van der Waals surface area contributed by atoms with Gasteiger partial charge in [-0.3, -0.25) is 4.79 Å². The molecule has 1 aliphatic heterocycles. The third-order valence-electron chi connectivity index (χ3n) is 3.06. The lowest BCUT2D eigenvalue weighted by Crippen LogP contribution is -2.25. The summed E-state index contributed by atoms with van der Waals surface area (Å²) in [7, 11) is 1.72. The van der Waals surface area contributed by atoms with Crippen molar-refractivity contribution in [2.75, 3.05) is 13.7 Å².